The number of hydrazone groups is 1. The molecule has 2 aromatic rings. The molecular weight excluding hydrogens is 436 g/mol. The lowest BCUT2D eigenvalue weighted by Crippen LogP contribution is -2.51. The molecule has 1 aromatic carbocycles. The van der Waals surface area contributed by atoms with Crippen molar-refractivity contribution < 1.29 is 27.5 Å². The predicted molar refractivity (Wildman–Crippen MR) is 90.7 cm³/mol. The summed E-state index contributed by atoms with van der Waals surface area (Å²) < 4.78 is 54.5. The molecule has 1 aliphatic rings. The van der Waals surface area contributed by atoms with Gasteiger partial charge in [-0.1, -0.05) is 12.1 Å². The minimum atomic E-state index is -3.46. The zero-order chi connectivity index (χ0) is 19.8. The lowest BCUT2D eigenvalue weighted by atomic mass is 10.1. The van der Waals surface area contributed by atoms with E-state index >= 15 is 0 Å². The molecule has 0 unspecified atom stereocenters. The largest absolute Gasteiger partial charge is 0.364 e. The molecule has 1 aliphatic heterocycles. The quantitative estimate of drug-likeness (QED) is 0.714. The molecule has 0 saturated carbocycles. The average Bonchev–Trinajstić information content (AvgIpc) is 3.19. The first kappa shape index (κ1) is 19.5. The number of hydrogen-bond donors (Lipinski definition) is 1. The van der Waals surface area contributed by atoms with Crippen LogP contribution in [0.2, 0.25) is 0 Å². The molecule has 1 aromatic heterocycles. The van der Waals surface area contributed by atoms with Crippen molar-refractivity contribution in [3.05, 3.63) is 52.3 Å². The van der Waals surface area contributed by atoms with E-state index in [0.717, 1.165) is 10.0 Å². The fraction of sp³-hybridized carbons (Fsp3) is 0.312. The highest BCUT2D eigenvalue weighted by Gasteiger charge is 2.53. The SMILES string of the molecule is O=C(c1ccc(Cn2cc(Br)cn2)cc1)N1N=C(C(F)F)C[C@]1(O)C(F)F. The van der Waals surface area contributed by atoms with E-state index in [-0.39, 0.29) is 10.6 Å². The van der Waals surface area contributed by atoms with Gasteiger partial charge in [-0.05, 0) is 33.6 Å². The van der Waals surface area contributed by atoms with Gasteiger partial charge in [-0.2, -0.15) is 15.2 Å². The predicted octanol–water partition coefficient (Wildman–Crippen LogP) is 3.11. The summed E-state index contributed by atoms with van der Waals surface area (Å²) in [6.07, 6.45) is -4.37. The van der Waals surface area contributed by atoms with Crippen LogP contribution in [0.4, 0.5) is 17.6 Å². The zero-order valence-corrected chi connectivity index (χ0v) is 15.2. The Labute approximate surface area is 159 Å². The lowest BCUT2D eigenvalue weighted by Gasteiger charge is -2.30. The van der Waals surface area contributed by atoms with Crippen molar-refractivity contribution in [1.82, 2.24) is 14.8 Å². The van der Waals surface area contributed by atoms with E-state index in [1.807, 2.05) is 0 Å². The highest BCUT2D eigenvalue weighted by Crippen LogP contribution is 2.34. The number of benzene rings is 1. The summed E-state index contributed by atoms with van der Waals surface area (Å²) in [5.74, 6) is -1.10. The topological polar surface area (TPSA) is 70.7 Å². The van der Waals surface area contributed by atoms with Crippen LogP contribution in [-0.2, 0) is 6.54 Å². The molecule has 2 heterocycles. The summed E-state index contributed by atoms with van der Waals surface area (Å²) >= 11 is 3.27. The van der Waals surface area contributed by atoms with Crippen LogP contribution in [0.1, 0.15) is 22.3 Å². The van der Waals surface area contributed by atoms with Gasteiger partial charge in [0.2, 0.25) is 5.72 Å². The van der Waals surface area contributed by atoms with Crippen LogP contribution in [-0.4, -0.2) is 50.1 Å². The molecule has 11 heteroatoms. The van der Waals surface area contributed by atoms with Crippen molar-refractivity contribution in [3.8, 4) is 0 Å². The van der Waals surface area contributed by atoms with Gasteiger partial charge in [0.15, 0.2) is 0 Å². The maximum absolute atomic E-state index is 13.2. The smallest absolute Gasteiger partial charge is 0.287 e. The van der Waals surface area contributed by atoms with Crippen LogP contribution in [0.3, 0.4) is 0 Å². The summed E-state index contributed by atoms with van der Waals surface area (Å²) in [7, 11) is 0. The molecular formula is C16H13BrF4N4O2. The number of carbonyl (C=O) groups excluding carboxylic acids is 1. The van der Waals surface area contributed by atoms with Crippen molar-refractivity contribution in [2.45, 2.75) is 31.5 Å². The molecule has 27 heavy (non-hydrogen) atoms. The van der Waals surface area contributed by atoms with E-state index in [1.54, 1.807) is 29.2 Å². The number of halogens is 5. The first-order valence-electron chi connectivity index (χ1n) is 7.68. The molecule has 0 saturated heterocycles. The molecule has 3 rings (SSSR count). The van der Waals surface area contributed by atoms with Crippen molar-refractivity contribution in [2.75, 3.05) is 0 Å². The number of rotatable bonds is 5. The van der Waals surface area contributed by atoms with Crippen molar-refractivity contribution in [2.24, 2.45) is 5.10 Å². The fourth-order valence-corrected chi connectivity index (χ4v) is 2.92. The van der Waals surface area contributed by atoms with E-state index in [1.165, 1.54) is 12.1 Å². The second kappa shape index (κ2) is 7.39. The van der Waals surface area contributed by atoms with Gasteiger partial charge in [-0.25, -0.2) is 17.6 Å². The molecule has 0 radical (unpaired) electrons. The second-order valence-corrected chi connectivity index (χ2v) is 6.83. The minimum absolute atomic E-state index is 0.0405. The lowest BCUT2D eigenvalue weighted by molar-refractivity contribution is -0.164. The monoisotopic (exact) mass is 448 g/mol. The van der Waals surface area contributed by atoms with Crippen LogP contribution in [0, 0.1) is 0 Å². The summed E-state index contributed by atoms with van der Waals surface area (Å²) in [5, 5.41) is 17.4. The summed E-state index contributed by atoms with van der Waals surface area (Å²) in [6.45, 7) is 0.401. The molecule has 0 fully saturated rings. The van der Waals surface area contributed by atoms with E-state index in [0.29, 0.717) is 6.54 Å². The molecule has 1 N–H and O–H groups in total. The van der Waals surface area contributed by atoms with Gasteiger partial charge in [-0.15, -0.1) is 0 Å². The standard InChI is InChI=1S/C16H13BrF4N4O2/c17-11-6-22-24(8-11)7-9-1-3-10(4-2-9)14(26)25-16(27,15(20)21)5-12(23-25)13(18)19/h1-4,6,8,13,15,27H,5,7H2/t16-/m0/s1. The molecule has 6 nitrogen and oxygen atoms in total. The van der Waals surface area contributed by atoms with Crippen LogP contribution in [0.25, 0.3) is 0 Å². The number of amides is 1. The van der Waals surface area contributed by atoms with Gasteiger partial charge in [0.1, 0.15) is 5.71 Å². The summed E-state index contributed by atoms with van der Waals surface area (Å²) in [6, 6.07) is 5.83. The van der Waals surface area contributed by atoms with Gasteiger partial charge in [0.05, 0.1) is 17.2 Å². The Hall–Kier alpha value is -2.27. The minimum Gasteiger partial charge on any atom is -0.364 e. The van der Waals surface area contributed by atoms with Crippen molar-refractivity contribution in [3.63, 3.8) is 0 Å². The number of aliphatic hydroxyl groups is 1. The van der Waals surface area contributed by atoms with E-state index < -0.39 is 36.6 Å². The van der Waals surface area contributed by atoms with Crippen LogP contribution in [0.15, 0.2) is 46.2 Å². The van der Waals surface area contributed by atoms with Crippen LogP contribution >= 0.6 is 15.9 Å². The first-order chi connectivity index (χ1) is 12.7. The number of nitrogens with zero attached hydrogens (tertiary/aromatic N) is 4. The number of alkyl halides is 4. The third-order valence-electron chi connectivity index (χ3n) is 3.98. The van der Waals surface area contributed by atoms with Gasteiger partial charge in [0, 0.05) is 18.2 Å². The van der Waals surface area contributed by atoms with Crippen LogP contribution in [0.5, 0.6) is 0 Å². The Morgan fingerprint density at radius 1 is 1.26 bits per heavy atom. The van der Waals surface area contributed by atoms with Crippen molar-refractivity contribution in [1.29, 1.82) is 0 Å². The highest BCUT2D eigenvalue weighted by atomic mass is 79.9. The summed E-state index contributed by atoms with van der Waals surface area (Å²) in [5.41, 5.74) is -3.36. The van der Waals surface area contributed by atoms with Crippen molar-refractivity contribution >= 4 is 27.5 Å². The molecule has 144 valence electrons. The third kappa shape index (κ3) is 3.88. The number of hydrogen-bond acceptors (Lipinski definition) is 4. The van der Waals surface area contributed by atoms with Crippen LogP contribution < -0.4 is 0 Å². The Kier molecular flexibility index (Phi) is 5.33. The second-order valence-electron chi connectivity index (χ2n) is 5.92. The Morgan fingerprint density at radius 2 is 1.93 bits per heavy atom. The molecule has 0 bridgehead atoms. The first-order valence-corrected chi connectivity index (χ1v) is 8.47. The van der Waals surface area contributed by atoms with Gasteiger partial charge in [0.25, 0.3) is 18.8 Å². The number of carbonyl (C=O) groups is 1. The van der Waals surface area contributed by atoms with E-state index in [2.05, 4.69) is 26.1 Å². The van der Waals surface area contributed by atoms with Gasteiger partial charge in [-0.3, -0.25) is 9.48 Å². The normalized spacial score (nSPS) is 19.9. The maximum atomic E-state index is 13.2. The van der Waals surface area contributed by atoms with Gasteiger partial charge < -0.3 is 5.11 Å². The molecule has 1 atom stereocenters. The molecule has 0 aliphatic carbocycles. The fourth-order valence-electron chi connectivity index (χ4n) is 2.59. The summed E-state index contributed by atoms with van der Waals surface area (Å²) in [4.78, 5) is 12.5. The van der Waals surface area contributed by atoms with E-state index in [9.17, 15) is 27.5 Å². The zero-order valence-electron chi connectivity index (χ0n) is 13.6. The maximum Gasteiger partial charge on any atom is 0.287 e. The van der Waals surface area contributed by atoms with E-state index in [4.69, 9.17) is 0 Å². The molecule has 0 spiro atoms. The average molecular weight is 449 g/mol. The Bertz CT molecular complexity index is 872. The molecule has 1 amide bonds. The Balaban J connectivity index is 1.81. The van der Waals surface area contributed by atoms with Gasteiger partial charge >= 0.3 is 0 Å². The Morgan fingerprint density at radius 3 is 2.44 bits per heavy atom. The highest BCUT2D eigenvalue weighted by molar-refractivity contribution is 9.10. The number of aromatic nitrogens is 2. The third-order valence-corrected chi connectivity index (χ3v) is 4.39.